The van der Waals surface area contributed by atoms with Gasteiger partial charge in [-0.25, -0.2) is 9.78 Å². The van der Waals surface area contributed by atoms with E-state index in [0.29, 0.717) is 6.41 Å². The summed E-state index contributed by atoms with van der Waals surface area (Å²) in [4.78, 5) is 58.9. The molecule has 11 nitrogen and oxygen atoms in total. The molecule has 0 radical (unpaired) electrons. The van der Waals surface area contributed by atoms with E-state index in [1.807, 2.05) is 19.1 Å². The molecule has 4 rings (SSSR count). The van der Waals surface area contributed by atoms with Gasteiger partial charge in [-0.15, -0.1) is 23.1 Å². The van der Waals surface area contributed by atoms with Crippen LogP contribution in [0.15, 0.2) is 34.5 Å². The van der Waals surface area contributed by atoms with Gasteiger partial charge in [0.2, 0.25) is 6.41 Å². The van der Waals surface area contributed by atoms with Crippen LogP contribution in [0.4, 0.5) is 5.13 Å². The van der Waals surface area contributed by atoms with Crippen LogP contribution in [0.3, 0.4) is 0 Å². The molecular formula is C20H21N5O6S2. The molecule has 3 N–H and O–H groups in total. The van der Waals surface area contributed by atoms with Crippen molar-refractivity contribution in [2.75, 3.05) is 5.32 Å². The van der Waals surface area contributed by atoms with Crippen molar-refractivity contribution in [3.8, 4) is 0 Å². The maximum absolute atomic E-state index is 13.1. The Balaban J connectivity index is 1.54. The fourth-order valence-electron chi connectivity index (χ4n) is 3.63. The second kappa shape index (κ2) is 9.75. The lowest BCUT2D eigenvalue weighted by Gasteiger charge is -2.49. The van der Waals surface area contributed by atoms with Crippen LogP contribution in [0.2, 0.25) is 0 Å². The Kier molecular flexibility index (Phi) is 6.79. The minimum atomic E-state index is -1.20. The van der Waals surface area contributed by atoms with Crippen molar-refractivity contribution in [3.63, 3.8) is 0 Å². The number of aromatic nitrogens is 1. The largest absolute Gasteiger partial charge is 0.477 e. The van der Waals surface area contributed by atoms with Gasteiger partial charge in [-0.1, -0.05) is 11.2 Å². The number of oxime groups is 1. The van der Waals surface area contributed by atoms with Crippen LogP contribution in [0.5, 0.6) is 0 Å². The molecule has 4 atom stereocenters. The number of fused-ring (bicyclic) bond motifs is 1. The van der Waals surface area contributed by atoms with Gasteiger partial charge in [0.1, 0.15) is 28.9 Å². The van der Waals surface area contributed by atoms with Gasteiger partial charge in [0.15, 0.2) is 10.8 Å². The first-order valence-corrected chi connectivity index (χ1v) is 12.0. The first kappa shape index (κ1) is 23.0. The predicted molar refractivity (Wildman–Crippen MR) is 122 cm³/mol. The number of carboxylic acid groups (broad SMARTS) is 1. The molecule has 3 amide bonds. The average Bonchev–Trinajstić information content (AvgIpc) is 3.26. The van der Waals surface area contributed by atoms with Crippen LogP contribution in [-0.4, -0.2) is 67.7 Å². The number of thiazole rings is 1. The van der Waals surface area contributed by atoms with E-state index in [9.17, 15) is 24.3 Å². The van der Waals surface area contributed by atoms with E-state index in [4.69, 9.17) is 4.84 Å². The standard InChI is InChI=1S/C20H21N5O6S2/c1-10-7-13(19(29)30)25-17(28)15(18(25)33-10)23-16(27)14(12-8-32-20(22-12)21-9-26)24-31-11-5-3-2-4-6-11/h3,5,7-11,15,18H,2,4,6H2,1H3,(H,23,27)(H,29,30)(H,21,22,26)/b24-14-/t10?,11?,15?,18-/m1/s1. The molecule has 3 aliphatic rings. The van der Waals surface area contributed by atoms with Crippen molar-refractivity contribution in [3.05, 3.63) is 35.0 Å². The first-order valence-electron chi connectivity index (χ1n) is 10.2. The second-order valence-electron chi connectivity index (χ2n) is 7.49. The number of amides is 3. The fourth-order valence-corrected chi connectivity index (χ4v) is 5.61. The third-order valence-electron chi connectivity index (χ3n) is 5.19. The molecular weight excluding hydrogens is 470 g/mol. The lowest BCUT2D eigenvalue weighted by atomic mass is 10.0. The smallest absolute Gasteiger partial charge is 0.352 e. The Morgan fingerprint density at radius 2 is 2.24 bits per heavy atom. The quantitative estimate of drug-likeness (QED) is 0.162. The number of nitrogens with zero attached hydrogens (tertiary/aromatic N) is 3. The van der Waals surface area contributed by atoms with Crippen molar-refractivity contribution >= 4 is 58.1 Å². The number of carbonyl (C=O) groups excluding carboxylic acids is 3. The van der Waals surface area contributed by atoms with E-state index in [1.54, 1.807) is 5.38 Å². The van der Waals surface area contributed by atoms with E-state index in [-0.39, 0.29) is 33.6 Å². The summed E-state index contributed by atoms with van der Waals surface area (Å²) < 4.78 is 0. The van der Waals surface area contributed by atoms with E-state index < -0.39 is 29.2 Å². The van der Waals surface area contributed by atoms with E-state index in [2.05, 4.69) is 20.8 Å². The predicted octanol–water partition coefficient (Wildman–Crippen LogP) is 1.30. The number of anilines is 1. The highest BCUT2D eigenvalue weighted by Crippen LogP contribution is 2.40. The van der Waals surface area contributed by atoms with Crippen LogP contribution < -0.4 is 10.6 Å². The Bertz CT molecular complexity index is 1070. The normalized spacial score (nSPS) is 26.6. The van der Waals surface area contributed by atoms with Gasteiger partial charge in [-0.2, -0.15) is 0 Å². The molecule has 1 aromatic heterocycles. The van der Waals surface area contributed by atoms with Crippen LogP contribution in [0.1, 0.15) is 31.9 Å². The fraction of sp³-hybridized carbons (Fsp3) is 0.400. The molecule has 1 fully saturated rings. The minimum absolute atomic E-state index is 0.0906. The Labute approximate surface area is 196 Å². The van der Waals surface area contributed by atoms with Gasteiger partial charge in [-0.05, 0) is 38.3 Å². The summed E-state index contributed by atoms with van der Waals surface area (Å²) in [5.74, 6) is -2.40. The van der Waals surface area contributed by atoms with Gasteiger partial charge >= 0.3 is 5.97 Å². The number of allylic oxidation sites excluding steroid dienone is 1. The number of carboxylic acids is 1. The SMILES string of the molecule is CC1C=C(C(=O)O)N2C(=O)C(NC(=O)/C(=N\OC3C=CCCC3)c3csc(NC=O)n3)[C@H]2S1. The molecule has 0 bridgehead atoms. The molecule has 0 spiro atoms. The molecule has 3 heterocycles. The van der Waals surface area contributed by atoms with Crippen LogP contribution in [-0.2, 0) is 24.0 Å². The zero-order chi connectivity index (χ0) is 23.5. The molecule has 1 aromatic rings. The highest BCUT2D eigenvalue weighted by molar-refractivity contribution is 8.00. The molecule has 0 aromatic carbocycles. The Hall–Kier alpha value is -3.19. The summed E-state index contributed by atoms with van der Waals surface area (Å²) in [7, 11) is 0. The third kappa shape index (κ3) is 4.78. The molecule has 33 heavy (non-hydrogen) atoms. The summed E-state index contributed by atoms with van der Waals surface area (Å²) in [6.07, 6.45) is 8.19. The average molecular weight is 492 g/mol. The Morgan fingerprint density at radius 1 is 1.42 bits per heavy atom. The van der Waals surface area contributed by atoms with Crippen LogP contribution >= 0.6 is 23.1 Å². The molecule has 1 aliphatic carbocycles. The lowest BCUT2D eigenvalue weighted by molar-refractivity contribution is -0.150. The maximum atomic E-state index is 13.1. The third-order valence-corrected chi connectivity index (χ3v) is 7.29. The highest BCUT2D eigenvalue weighted by Gasteiger charge is 2.54. The van der Waals surface area contributed by atoms with Crippen LogP contribution in [0.25, 0.3) is 0 Å². The highest BCUT2D eigenvalue weighted by atomic mass is 32.2. The van der Waals surface area contributed by atoms with Crippen molar-refractivity contribution < 1.29 is 29.1 Å². The summed E-state index contributed by atoms with van der Waals surface area (Å²) in [5, 5.41) is 19.6. The molecule has 174 valence electrons. The van der Waals surface area contributed by atoms with Crippen molar-refractivity contribution in [2.24, 2.45) is 5.16 Å². The van der Waals surface area contributed by atoms with Crippen LogP contribution in [0, 0.1) is 0 Å². The van der Waals surface area contributed by atoms with E-state index in [1.165, 1.54) is 22.7 Å². The molecule has 2 aliphatic heterocycles. The van der Waals surface area contributed by atoms with Crippen molar-refractivity contribution in [1.29, 1.82) is 0 Å². The van der Waals surface area contributed by atoms with Gasteiger partial charge in [0.05, 0.1) is 0 Å². The molecule has 3 unspecified atom stereocenters. The number of carbonyl (C=O) groups is 4. The summed E-state index contributed by atoms with van der Waals surface area (Å²) in [6, 6.07) is -0.918. The number of β-lactam (4-membered cyclic amide) rings is 1. The zero-order valence-corrected chi connectivity index (χ0v) is 19.1. The summed E-state index contributed by atoms with van der Waals surface area (Å²) in [6.45, 7) is 1.82. The summed E-state index contributed by atoms with van der Waals surface area (Å²) in [5.41, 5.74) is -0.0496. The topological polar surface area (TPSA) is 150 Å². The number of hydrogen-bond donors (Lipinski definition) is 3. The number of thioether (sulfide) groups is 1. The number of hydrogen-bond acceptors (Lipinski definition) is 9. The number of aliphatic carboxylic acids is 1. The number of nitrogens with one attached hydrogen (secondary N) is 2. The minimum Gasteiger partial charge on any atom is -0.477 e. The van der Waals surface area contributed by atoms with Gasteiger partial charge < -0.3 is 20.6 Å². The van der Waals surface area contributed by atoms with Crippen molar-refractivity contribution in [2.45, 2.75) is 49.0 Å². The zero-order valence-electron chi connectivity index (χ0n) is 17.5. The number of rotatable bonds is 8. The maximum Gasteiger partial charge on any atom is 0.352 e. The van der Waals surface area contributed by atoms with E-state index in [0.717, 1.165) is 30.6 Å². The molecule has 0 saturated carbocycles. The summed E-state index contributed by atoms with van der Waals surface area (Å²) >= 11 is 2.48. The van der Waals surface area contributed by atoms with Crippen molar-refractivity contribution in [1.82, 2.24) is 15.2 Å². The van der Waals surface area contributed by atoms with E-state index >= 15 is 0 Å². The van der Waals surface area contributed by atoms with Gasteiger partial charge in [-0.3, -0.25) is 19.3 Å². The van der Waals surface area contributed by atoms with Gasteiger partial charge in [0.25, 0.3) is 11.8 Å². The second-order valence-corrected chi connectivity index (χ2v) is 9.85. The molecule has 1 saturated heterocycles. The first-order chi connectivity index (χ1) is 15.9. The Morgan fingerprint density at radius 3 is 2.94 bits per heavy atom. The lowest BCUT2D eigenvalue weighted by Crippen LogP contribution is -2.71. The molecule has 13 heteroatoms. The van der Waals surface area contributed by atoms with Gasteiger partial charge in [0, 0.05) is 10.6 Å². The monoisotopic (exact) mass is 491 g/mol.